The first-order valence-electron chi connectivity index (χ1n) is 10.6. The second kappa shape index (κ2) is 15.2. The Morgan fingerprint density at radius 1 is 1.03 bits per heavy atom. The lowest BCUT2D eigenvalue weighted by Gasteiger charge is -2.15. The number of ether oxygens (including phenoxy) is 2. The molecule has 0 amide bonds. The fourth-order valence-electron chi connectivity index (χ4n) is 3.07. The summed E-state index contributed by atoms with van der Waals surface area (Å²) in [5.41, 5.74) is 1.02. The van der Waals surface area contributed by atoms with E-state index in [1.165, 1.54) is 44.9 Å². The van der Waals surface area contributed by atoms with Crippen molar-refractivity contribution < 1.29 is 23.8 Å². The van der Waals surface area contributed by atoms with E-state index >= 15 is 0 Å². The highest BCUT2D eigenvalue weighted by molar-refractivity contribution is 9.10. The summed E-state index contributed by atoms with van der Waals surface area (Å²) in [6.45, 7) is 4.04. The molecule has 0 aliphatic carbocycles. The van der Waals surface area contributed by atoms with E-state index in [1.807, 2.05) is 12.1 Å². The SMILES string of the molecule is CCCCCCCCCCOc1c(Br)cc(CNCCCP(=O)(O)O)cc1OC. The summed E-state index contributed by atoms with van der Waals surface area (Å²) in [6, 6.07) is 3.92. The lowest BCUT2D eigenvalue weighted by atomic mass is 10.1. The second-order valence-electron chi connectivity index (χ2n) is 7.35. The molecular formula is C21H37BrNO5P. The van der Waals surface area contributed by atoms with Crippen molar-refractivity contribution in [2.24, 2.45) is 0 Å². The van der Waals surface area contributed by atoms with Crippen LogP contribution in [0.4, 0.5) is 0 Å². The number of methoxy groups -OCH3 is 1. The summed E-state index contributed by atoms with van der Waals surface area (Å²) in [5.74, 6) is 1.41. The standard InChI is InChI=1S/C21H37BrNO5P/c1-3-4-5-6-7-8-9-10-13-28-21-19(22)15-18(16-20(21)27-2)17-23-12-11-14-29(24,25)26/h15-16,23H,3-14,17H2,1-2H3,(H2,24,25,26). The maximum Gasteiger partial charge on any atom is 0.325 e. The van der Waals surface area contributed by atoms with Crippen molar-refractivity contribution in [1.29, 1.82) is 0 Å². The molecule has 0 saturated heterocycles. The lowest BCUT2D eigenvalue weighted by molar-refractivity contribution is 0.282. The number of hydrogen-bond donors (Lipinski definition) is 3. The summed E-state index contributed by atoms with van der Waals surface area (Å²) >= 11 is 3.57. The quantitative estimate of drug-likeness (QED) is 0.192. The van der Waals surface area contributed by atoms with Crippen molar-refractivity contribution in [3.8, 4) is 11.5 Å². The van der Waals surface area contributed by atoms with Crippen LogP contribution in [0.5, 0.6) is 11.5 Å². The molecule has 0 radical (unpaired) electrons. The first-order valence-corrected chi connectivity index (χ1v) is 13.2. The van der Waals surface area contributed by atoms with E-state index < -0.39 is 7.60 Å². The number of benzene rings is 1. The van der Waals surface area contributed by atoms with Gasteiger partial charge < -0.3 is 24.6 Å². The Hall–Kier alpha value is -0.590. The predicted octanol–water partition coefficient (Wildman–Crippen LogP) is 5.63. The fraction of sp³-hybridized carbons (Fsp3) is 0.714. The highest BCUT2D eigenvalue weighted by Crippen LogP contribution is 2.37. The van der Waals surface area contributed by atoms with Gasteiger partial charge in [-0.2, -0.15) is 0 Å². The number of nitrogens with one attached hydrogen (secondary N) is 1. The Balaban J connectivity index is 2.35. The van der Waals surface area contributed by atoms with Gasteiger partial charge in [0.05, 0.1) is 24.4 Å². The van der Waals surface area contributed by atoms with Gasteiger partial charge in [-0.05, 0) is 53.0 Å². The molecule has 8 heteroatoms. The van der Waals surface area contributed by atoms with Crippen LogP contribution < -0.4 is 14.8 Å². The van der Waals surface area contributed by atoms with Gasteiger partial charge in [-0.15, -0.1) is 0 Å². The number of halogens is 1. The molecule has 6 nitrogen and oxygen atoms in total. The van der Waals surface area contributed by atoms with Crippen molar-refractivity contribution >= 4 is 23.5 Å². The Kier molecular flexibility index (Phi) is 13.9. The molecule has 0 fully saturated rings. The molecule has 3 N–H and O–H groups in total. The van der Waals surface area contributed by atoms with Crippen molar-refractivity contribution in [3.63, 3.8) is 0 Å². The summed E-state index contributed by atoms with van der Waals surface area (Å²) in [7, 11) is -2.29. The molecule has 0 heterocycles. The topological polar surface area (TPSA) is 88.0 Å². The molecule has 0 saturated carbocycles. The number of rotatable bonds is 17. The average molecular weight is 494 g/mol. The minimum Gasteiger partial charge on any atom is -0.493 e. The van der Waals surface area contributed by atoms with E-state index in [4.69, 9.17) is 19.3 Å². The highest BCUT2D eigenvalue weighted by Gasteiger charge is 2.13. The Labute approximate surface area is 184 Å². The Morgan fingerprint density at radius 2 is 1.69 bits per heavy atom. The largest absolute Gasteiger partial charge is 0.493 e. The van der Waals surface area contributed by atoms with Gasteiger partial charge in [0.15, 0.2) is 11.5 Å². The van der Waals surface area contributed by atoms with Crippen LogP contribution in [-0.4, -0.2) is 36.2 Å². The number of unbranched alkanes of at least 4 members (excludes halogenated alkanes) is 7. The maximum atomic E-state index is 10.9. The predicted molar refractivity (Wildman–Crippen MR) is 122 cm³/mol. The molecule has 0 aromatic heterocycles. The van der Waals surface area contributed by atoms with E-state index in [1.54, 1.807) is 7.11 Å². The Bertz CT molecular complexity index is 623. The number of hydrogen-bond acceptors (Lipinski definition) is 4. The molecule has 0 aliphatic heterocycles. The molecule has 1 aromatic rings. The van der Waals surface area contributed by atoms with Crippen molar-refractivity contribution in [2.45, 2.75) is 71.3 Å². The zero-order valence-electron chi connectivity index (χ0n) is 17.8. The van der Waals surface area contributed by atoms with Gasteiger partial charge in [0, 0.05) is 6.54 Å². The molecule has 1 rings (SSSR count). The third-order valence-electron chi connectivity index (χ3n) is 4.67. The molecule has 0 spiro atoms. The van der Waals surface area contributed by atoms with Gasteiger partial charge >= 0.3 is 7.60 Å². The molecule has 168 valence electrons. The van der Waals surface area contributed by atoms with Crippen molar-refractivity contribution in [2.75, 3.05) is 26.4 Å². The lowest BCUT2D eigenvalue weighted by Crippen LogP contribution is -2.16. The summed E-state index contributed by atoms with van der Waals surface area (Å²) in [6.07, 6.45) is 10.4. The van der Waals surface area contributed by atoms with Gasteiger partial charge in [0.2, 0.25) is 0 Å². The van der Waals surface area contributed by atoms with Gasteiger partial charge in [-0.1, -0.05) is 51.9 Å². The van der Waals surface area contributed by atoms with E-state index in [-0.39, 0.29) is 6.16 Å². The molecule has 0 bridgehead atoms. The fourth-order valence-corrected chi connectivity index (χ4v) is 4.24. The third-order valence-corrected chi connectivity index (χ3v) is 6.15. The molecule has 29 heavy (non-hydrogen) atoms. The van der Waals surface area contributed by atoms with Gasteiger partial charge in [-0.25, -0.2) is 0 Å². The van der Waals surface area contributed by atoms with Crippen LogP contribution in [0.1, 0.15) is 70.3 Å². The second-order valence-corrected chi connectivity index (χ2v) is 9.98. The zero-order valence-corrected chi connectivity index (χ0v) is 20.3. The highest BCUT2D eigenvalue weighted by atomic mass is 79.9. The van der Waals surface area contributed by atoms with Crippen LogP contribution in [0.2, 0.25) is 0 Å². The normalized spacial score (nSPS) is 11.6. The summed E-state index contributed by atoms with van der Waals surface area (Å²) in [4.78, 5) is 17.8. The van der Waals surface area contributed by atoms with Crippen LogP contribution in [-0.2, 0) is 11.1 Å². The summed E-state index contributed by atoms with van der Waals surface area (Å²) in [5, 5.41) is 3.20. The molecule has 0 aliphatic rings. The maximum absolute atomic E-state index is 10.9. The minimum atomic E-state index is -3.91. The zero-order chi connectivity index (χ0) is 21.5. The van der Waals surface area contributed by atoms with E-state index in [0.29, 0.717) is 31.9 Å². The van der Waals surface area contributed by atoms with Crippen LogP contribution in [0.15, 0.2) is 16.6 Å². The van der Waals surface area contributed by atoms with Crippen LogP contribution in [0.3, 0.4) is 0 Å². The third kappa shape index (κ3) is 12.6. The molecule has 0 unspecified atom stereocenters. The van der Waals surface area contributed by atoms with Gasteiger partial charge in [0.1, 0.15) is 0 Å². The van der Waals surface area contributed by atoms with Gasteiger partial charge in [0.25, 0.3) is 0 Å². The molecule has 0 atom stereocenters. The van der Waals surface area contributed by atoms with Crippen LogP contribution in [0.25, 0.3) is 0 Å². The monoisotopic (exact) mass is 493 g/mol. The van der Waals surface area contributed by atoms with E-state index in [2.05, 4.69) is 28.2 Å². The van der Waals surface area contributed by atoms with Gasteiger partial charge in [-0.3, -0.25) is 4.57 Å². The van der Waals surface area contributed by atoms with E-state index in [9.17, 15) is 4.57 Å². The summed E-state index contributed by atoms with van der Waals surface area (Å²) < 4.78 is 23.2. The smallest absolute Gasteiger partial charge is 0.325 e. The van der Waals surface area contributed by atoms with Crippen LogP contribution in [0, 0.1) is 0 Å². The van der Waals surface area contributed by atoms with Crippen molar-refractivity contribution in [1.82, 2.24) is 5.32 Å². The molecular weight excluding hydrogens is 457 g/mol. The first kappa shape index (κ1) is 26.4. The Morgan fingerprint density at radius 3 is 2.31 bits per heavy atom. The van der Waals surface area contributed by atoms with Crippen molar-refractivity contribution in [3.05, 3.63) is 22.2 Å². The average Bonchev–Trinajstić information content (AvgIpc) is 2.66. The first-order chi connectivity index (χ1) is 13.9. The van der Waals surface area contributed by atoms with E-state index in [0.717, 1.165) is 22.2 Å². The minimum absolute atomic E-state index is 0.0987. The van der Waals surface area contributed by atoms with Crippen LogP contribution >= 0.6 is 23.5 Å². The molecule has 1 aromatic carbocycles.